The summed E-state index contributed by atoms with van der Waals surface area (Å²) >= 11 is 0. The Morgan fingerprint density at radius 3 is 2.03 bits per heavy atom. The number of hydrogen-bond donors (Lipinski definition) is 2. The van der Waals surface area contributed by atoms with Gasteiger partial charge in [-0.2, -0.15) is 0 Å². The first kappa shape index (κ1) is 25.0. The van der Waals surface area contributed by atoms with Gasteiger partial charge in [0.15, 0.2) is 5.96 Å². The molecule has 2 aromatic carbocycles. The lowest BCUT2D eigenvalue weighted by Crippen LogP contribution is -2.41. The Morgan fingerprint density at radius 1 is 0.938 bits per heavy atom. The van der Waals surface area contributed by atoms with Crippen LogP contribution in [0.4, 0.5) is 0 Å². The summed E-state index contributed by atoms with van der Waals surface area (Å²) in [5.74, 6) is 2.71. The third-order valence-corrected chi connectivity index (χ3v) is 5.10. The molecule has 1 atom stereocenters. The van der Waals surface area contributed by atoms with Crippen molar-refractivity contribution in [2.24, 2.45) is 10.9 Å². The molecule has 0 aliphatic rings. The fourth-order valence-corrected chi connectivity index (χ4v) is 3.09. The molecule has 0 radical (unpaired) electrons. The molecule has 0 fully saturated rings. The van der Waals surface area contributed by atoms with Crippen LogP contribution in [0.25, 0.3) is 0 Å². The summed E-state index contributed by atoms with van der Waals surface area (Å²) in [5, 5.41) is 6.73. The number of likely N-dealkylation sites (N-methyl/N-ethyl adjacent to an activating group) is 1. The molecule has 7 heteroatoms. The van der Waals surface area contributed by atoms with E-state index >= 15 is 0 Å². The maximum atomic E-state index is 12.0. The van der Waals surface area contributed by atoms with Crippen LogP contribution in [0.5, 0.6) is 11.5 Å². The van der Waals surface area contributed by atoms with Gasteiger partial charge in [-0.15, -0.1) is 0 Å². The summed E-state index contributed by atoms with van der Waals surface area (Å²) in [5.41, 5.74) is 2.46. The second-order valence-electron chi connectivity index (χ2n) is 8.02. The largest absolute Gasteiger partial charge is 0.497 e. The first-order valence-electron chi connectivity index (χ1n) is 10.9. The fraction of sp³-hybridized carbons (Fsp3) is 0.440. The highest BCUT2D eigenvalue weighted by molar-refractivity contribution is 5.84. The molecule has 0 aromatic heterocycles. The lowest BCUT2D eigenvalue weighted by molar-refractivity contribution is -0.127. The lowest BCUT2D eigenvalue weighted by Gasteiger charge is -2.17. The first-order valence-corrected chi connectivity index (χ1v) is 10.9. The number of ether oxygens (including phenoxy) is 2. The zero-order valence-corrected chi connectivity index (χ0v) is 19.9. The van der Waals surface area contributed by atoms with Crippen LogP contribution in [0.3, 0.4) is 0 Å². The molecule has 2 aromatic rings. The molecule has 2 N–H and O–H groups in total. The van der Waals surface area contributed by atoms with E-state index < -0.39 is 0 Å². The predicted octanol–water partition coefficient (Wildman–Crippen LogP) is 2.75. The number of carbonyl (C=O) groups is 1. The average Bonchev–Trinajstić information content (AvgIpc) is 2.81. The first-order chi connectivity index (χ1) is 15.4. The number of nitrogens with one attached hydrogen (secondary N) is 2. The van der Waals surface area contributed by atoms with Gasteiger partial charge in [-0.3, -0.25) is 4.79 Å². The number of carbonyl (C=O) groups excluding carboxylic acids is 1. The predicted molar refractivity (Wildman–Crippen MR) is 130 cm³/mol. The standard InChI is InChI=1S/C25H36N4O3/c1-19(16-21-8-12-23(32-5)13-9-21)17-27-25(28-18-24(30)29(2)3)26-15-14-20-6-10-22(31-4)11-7-20/h6-13,19H,14-18H2,1-5H3,(H2,26,27,28). The van der Waals surface area contributed by atoms with Gasteiger partial charge in [0, 0.05) is 27.2 Å². The molecule has 1 unspecified atom stereocenters. The number of benzene rings is 2. The molecule has 32 heavy (non-hydrogen) atoms. The summed E-state index contributed by atoms with van der Waals surface area (Å²) < 4.78 is 10.4. The molecular formula is C25H36N4O3. The van der Waals surface area contributed by atoms with Gasteiger partial charge in [0.1, 0.15) is 18.0 Å². The molecule has 0 spiro atoms. The van der Waals surface area contributed by atoms with Crippen molar-refractivity contribution in [2.45, 2.75) is 19.8 Å². The van der Waals surface area contributed by atoms with Crippen LogP contribution < -0.4 is 20.1 Å². The van der Waals surface area contributed by atoms with E-state index in [0.29, 0.717) is 18.4 Å². The Kier molecular flexibility index (Phi) is 10.4. The molecule has 1 amide bonds. The van der Waals surface area contributed by atoms with Crippen molar-refractivity contribution in [1.82, 2.24) is 15.5 Å². The van der Waals surface area contributed by atoms with Crippen molar-refractivity contribution in [3.05, 3.63) is 59.7 Å². The third-order valence-electron chi connectivity index (χ3n) is 5.10. The van der Waals surface area contributed by atoms with Gasteiger partial charge >= 0.3 is 0 Å². The van der Waals surface area contributed by atoms with Crippen molar-refractivity contribution in [3.63, 3.8) is 0 Å². The van der Waals surface area contributed by atoms with Gasteiger partial charge in [-0.1, -0.05) is 31.2 Å². The van der Waals surface area contributed by atoms with Gasteiger partial charge in [-0.25, -0.2) is 4.99 Å². The zero-order valence-electron chi connectivity index (χ0n) is 19.9. The van der Waals surface area contributed by atoms with E-state index in [4.69, 9.17) is 9.47 Å². The normalized spacial score (nSPS) is 12.1. The van der Waals surface area contributed by atoms with Gasteiger partial charge in [0.2, 0.25) is 5.91 Å². The Labute approximate surface area is 191 Å². The zero-order chi connectivity index (χ0) is 23.3. The summed E-state index contributed by atoms with van der Waals surface area (Å²) in [7, 11) is 6.80. The van der Waals surface area contributed by atoms with Crippen molar-refractivity contribution in [1.29, 1.82) is 0 Å². The lowest BCUT2D eigenvalue weighted by atomic mass is 10.0. The average molecular weight is 441 g/mol. The summed E-state index contributed by atoms with van der Waals surface area (Å²) in [6.45, 7) is 3.76. The van der Waals surface area contributed by atoms with Gasteiger partial charge in [-0.05, 0) is 54.2 Å². The topological polar surface area (TPSA) is 75.2 Å². The van der Waals surface area contributed by atoms with Gasteiger partial charge in [0.05, 0.1) is 14.2 Å². The Hall–Kier alpha value is -3.22. The summed E-state index contributed by atoms with van der Waals surface area (Å²) in [6.07, 6.45) is 1.78. The van der Waals surface area contributed by atoms with Crippen LogP contribution in [0, 0.1) is 5.92 Å². The van der Waals surface area contributed by atoms with E-state index in [0.717, 1.165) is 30.9 Å². The van der Waals surface area contributed by atoms with E-state index in [1.54, 1.807) is 33.2 Å². The number of aliphatic imine (C=N–C) groups is 1. The molecule has 2 rings (SSSR count). The molecule has 0 saturated carbocycles. The van der Waals surface area contributed by atoms with Crippen LogP contribution in [-0.2, 0) is 17.6 Å². The second kappa shape index (κ2) is 13.2. The number of methoxy groups -OCH3 is 2. The highest BCUT2D eigenvalue weighted by Crippen LogP contribution is 2.14. The van der Waals surface area contributed by atoms with Crippen molar-refractivity contribution in [2.75, 3.05) is 47.9 Å². The maximum Gasteiger partial charge on any atom is 0.243 e. The van der Waals surface area contributed by atoms with Crippen LogP contribution in [0.1, 0.15) is 18.1 Å². The number of nitrogens with zero attached hydrogens (tertiary/aromatic N) is 2. The van der Waals surface area contributed by atoms with Crippen LogP contribution in [-0.4, -0.2) is 64.7 Å². The third kappa shape index (κ3) is 8.88. The maximum absolute atomic E-state index is 12.0. The molecule has 0 bridgehead atoms. The molecule has 0 saturated heterocycles. The molecule has 7 nitrogen and oxygen atoms in total. The molecule has 0 aliphatic heterocycles. The van der Waals surface area contributed by atoms with E-state index in [1.807, 2.05) is 24.3 Å². The smallest absolute Gasteiger partial charge is 0.243 e. The van der Waals surface area contributed by atoms with Crippen molar-refractivity contribution < 1.29 is 14.3 Å². The van der Waals surface area contributed by atoms with Gasteiger partial charge < -0.3 is 25.0 Å². The number of amides is 1. The summed E-state index contributed by atoms with van der Waals surface area (Å²) in [4.78, 5) is 18.0. The number of rotatable bonds is 11. The number of guanidine groups is 1. The van der Waals surface area contributed by atoms with Crippen LogP contribution >= 0.6 is 0 Å². The SMILES string of the molecule is COc1ccc(CCNC(=NCC(=O)N(C)C)NCC(C)Cc2ccc(OC)cc2)cc1. The van der Waals surface area contributed by atoms with Crippen molar-refractivity contribution in [3.8, 4) is 11.5 Å². The molecular weight excluding hydrogens is 404 g/mol. The minimum absolute atomic E-state index is 0.0347. The summed E-state index contributed by atoms with van der Waals surface area (Å²) in [6, 6.07) is 16.2. The molecule has 0 heterocycles. The van der Waals surface area contributed by atoms with Crippen LogP contribution in [0.15, 0.2) is 53.5 Å². The minimum atomic E-state index is -0.0347. The minimum Gasteiger partial charge on any atom is -0.497 e. The Balaban J connectivity index is 1.89. The molecule has 174 valence electrons. The van der Waals surface area contributed by atoms with E-state index in [2.05, 4.69) is 46.8 Å². The number of hydrogen-bond acceptors (Lipinski definition) is 4. The monoisotopic (exact) mass is 440 g/mol. The fourth-order valence-electron chi connectivity index (χ4n) is 3.09. The Bertz CT molecular complexity index is 848. The van der Waals surface area contributed by atoms with E-state index in [-0.39, 0.29) is 12.5 Å². The molecule has 0 aliphatic carbocycles. The van der Waals surface area contributed by atoms with E-state index in [1.165, 1.54) is 11.1 Å². The highest BCUT2D eigenvalue weighted by Gasteiger charge is 2.08. The van der Waals surface area contributed by atoms with Gasteiger partial charge in [0.25, 0.3) is 0 Å². The quantitative estimate of drug-likeness (QED) is 0.415. The van der Waals surface area contributed by atoms with Crippen molar-refractivity contribution >= 4 is 11.9 Å². The van der Waals surface area contributed by atoms with Crippen LogP contribution in [0.2, 0.25) is 0 Å². The second-order valence-corrected chi connectivity index (χ2v) is 8.02. The Morgan fingerprint density at radius 2 is 1.50 bits per heavy atom. The highest BCUT2D eigenvalue weighted by atomic mass is 16.5. The van der Waals surface area contributed by atoms with E-state index in [9.17, 15) is 4.79 Å².